The molecule has 4 heteroatoms. The molecule has 1 atom stereocenters. The maximum absolute atomic E-state index is 5.76. The molecule has 0 bridgehead atoms. The van der Waals surface area contributed by atoms with Gasteiger partial charge in [0.2, 0.25) is 5.89 Å². The molecule has 0 spiro atoms. The Labute approximate surface area is 90.5 Å². The highest BCUT2D eigenvalue weighted by Gasteiger charge is 2.32. The average molecular weight is 209 g/mol. The van der Waals surface area contributed by atoms with E-state index in [0.717, 1.165) is 37.8 Å². The van der Waals surface area contributed by atoms with Crippen molar-refractivity contribution in [2.24, 2.45) is 11.1 Å². The van der Waals surface area contributed by atoms with Gasteiger partial charge in [-0.2, -0.15) is 0 Å². The zero-order valence-corrected chi connectivity index (χ0v) is 9.49. The lowest BCUT2D eigenvalue weighted by atomic mass is 9.90. The van der Waals surface area contributed by atoms with Crippen LogP contribution in [0.4, 0.5) is 0 Å². The van der Waals surface area contributed by atoms with Crippen molar-refractivity contribution < 1.29 is 4.42 Å². The summed E-state index contributed by atoms with van der Waals surface area (Å²) >= 11 is 0. The highest BCUT2D eigenvalue weighted by Crippen LogP contribution is 2.29. The molecule has 15 heavy (non-hydrogen) atoms. The number of nitrogens with two attached hydrogens (primary N) is 1. The van der Waals surface area contributed by atoms with Gasteiger partial charge in [-0.25, -0.2) is 4.98 Å². The van der Waals surface area contributed by atoms with Crippen LogP contribution in [-0.2, 0) is 6.54 Å². The van der Waals surface area contributed by atoms with Gasteiger partial charge in [0.15, 0.2) is 0 Å². The van der Waals surface area contributed by atoms with Crippen LogP contribution >= 0.6 is 0 Å². The van der Waals surface area contributed by atoms with E-state index < -0.39 is 0 Å². The normalized spacial score (nSPS) is 27.4. The summed E-state index contributed by atoms with van der Waals surface area (Å²) < 4.78 is 5.46. The van der Waals surface area contributed by atoms with Crippen molar-refractivity contribution in [1.82, 2.24) is 9.88 Å². The molecule has 0 saturated carbocycles. The van der Waals surface area contributed by atoms with Crippen molar-refractivity contribution >= 4 is 0 Å². The molecule has 0 aliphatic carbocycles. The van der Waals surface area contributed by atoms with Crippen molar-refractivity contribution in [1.29, 1.82) is 0 Å². The van der Waals surface area contributed by atoms with Crippen LogP contribution in [0.2, 0.25) is 0 Å². The Kier molecular flexibility index (Phi) is 2.80. The molecule has 1 aliphatic heterocycles. The Morgan fingerprint density at radius 3 is 3.00 bits per heavy atom. The fraction of sp³-hybridized carbons (Fsp3) is 0.727. The molecular formula is C11H19N3O. The minimum atomic E-state index is 0.279. The minimum Gasteiger partial charge on any atom is -0.445 e. The third-order valence-electron chi connectivity index (χ3n) is 3.16. The van der Waals surface area contributed by atoms with Crippen LogP contribution < -0.4 is 5.73 Å². The van der Waals surface area contributed by atoms with Crippen LogP contribution in [0.5, 0.6) is 0 Å². The Balaban J connectivity index is 1.92. The van der Waals surface area contributed by atoms with Crippen LogP contribution in [0.15, 0.2) is 10.6 Å². The third-order valence-corrected chi connectivity index (χ3v) is 3.16. The summed E-state index contributed by atoms with van der Waals surface area (Å²) in [4.78, 5) is 6.57. The number of nitrogens with zero attached hydrogens (tertiary/aromatic N) is 2. The van der Waals surface area contributed by atoms with Gasteiger partial charge in [0.05, 0.1) is 12.7 Å². The van der Waals surface area contributed by atoms with E-state index in [2.05, 4.69) is 16.8 Å². The highest BCUT2D eigenvalue weighted by atomic mass is 16.4. The van der Waals surface area contributed by atoms with Crippen molar-refractivity contribution in [3.8, 4) is 0 Å². The predicted molar refractivity (Wildman–Crippen MR) is 58.3 cm³/mol. The summed E-state index contributed by atoms with van der Waals surface area (Å²) in [5, 5.41) is 0. The molecule has 2 N–H and O–H groups in total. The van der Waals surface area contributed by atoms with E-state index in [1.165, 1.54) is 6.42 Å². The third kappa shape index (κ3) is 2.38. The Bertz CT molecular complexity index is 336. The summed E-state index contributed by atoms with van der Waals surface area (Å²) in [5.41, 5.74) is 6.04. The molecule has 2 heterocycles. The van der Waals surface area contributed by atoms with Crippen LogP contribution in [0.3, 0.4) is 0 Å². The summed E-state index contributed by atoms with van der Waals surface area (Å²) in [6, 6.07) is 0. The summed E-state index contributed by atoms with van der Waals surface area (Å²) in [6.45, 7) is 7.87. The van der Waals surface area contributed by atoms with Gasteiger partial charge >= 0.3 is 0 Å². The standard InChI is InChI=1S/C11H19N3O/c1-9-5-13-10(15-9)6-14-4-3-11(2,7-12)8-14/h5H,3-4,6-8,12H2,1-2H3. The summed E-state index contributed by atoms with van der Waals surface area (Å²) in [5.74, 6) is 1.69. The molecule has 84 valence electrons. The van der Waals surface area contributed by atoms with Gasteiger partial charge < -0.3 is 10.2 Å². The first-order valence-corrected chi connectivity index (χ1v) is 5.45. The van der Waals surface area contributed by atoms with Gasteiger partial charge in [-0.3, -0.25) is 4.90 Å². The second kappa shape index (κ2) is 3.94. The largest absolute Gasteiger partial charge is 0.445 e. The molecule has 0 radical (unpaired) electrons. The van der Waals surface area contributed by atoms with E-state index in [-0.39, 0.29) is 5.41 Å². The van der Waals surface area contributed by atoms with E-state index in [4.69, 9.17) is 10.2 Å². The van der Waals surface area contributed by atoms with Crippen LogP contribution in [0.1, 0.15) is 25.0 Å². The van der Waals surface area contributed by atoms with Gasteiger partial charge in [0.1, 0.15) is 5.76 Å². The first-order chi connectivity index (χ1) is 7.11. The molecule has 0 aromatic carbocycles. The lowest BCUT2D eigenvalue weighted by molar-refractivity contribution is 0.250. The van der Waals surface area contributed by atoms with Gasteiger partial charge in [-0.05, 0) is 31.8 Å². The fourth-order valence-electron chi connectivity index (χ4n) is 2.09. The summed E-state index contributed by atoms with van der Waals surface area (Å²) in [7, 11) is 0. The lowest BCUT2D eigenvalue weighted by Gasteiger charge is -2.21. The van der Waals surface area contributed by atoms with Crippen molar-refractivity contribution in [2.75, 3.05) is 19.6 Å². The highest BCUT2D eigenvalue weighted by molar-refractivity contribution is 4.93. The first kappa shape index (κ1) is 10.6. The zero-order valence-electron chi connectivity index (χ0n) is 9.49. The van der Waals surface area contributed by atoms with Crippen LogP contribution in [0.25, 0.3) is 0 Å². The molecule has 1 aliphatic rings. The SMILES string of the molecule is Cc1cnc(CN2CCC(C)(CN)C2)o1. The Morgan fingerprint density at radius 2 is 2.47 bits per heavy atom. The first-order valence-electron chi connectivity index (χ1n) is 5.45. The second-order valence-corrected chi connectivity index (χ2v) is 4.84. The summed E-state index contributed by atoms with van der Waals surface area (Å²) in [6.07, 6.45) is 2.94. The smallest absolute Gasteiger partial charge is 0.208 e. The van der Waals surface area contributed by atoms with E-state index in [0.29, 0.717) is 0 Å². The van der Waals surface area contributed by atoms with E-state index in [1.54, 1.807) is 6.20 Å². The fourth-order valence-corrected chi connectivity index (χ4v) is 2.09. The molecule has 1 saturated heterocycles. The number of aryl methyl sites for hydroxylation is 1. The number of rotatable bonds is 3. The quantitative estimate of drug-likeness (QED) is 0.811. The molecule has 2 rings (SSSR count). The van der Waals surface area contributed by atoms with E-state index in [9.17, 15) is 0 Å². The Morgan fingerprint density at radius 1 is 1.67 bits per heavy atom. The topological polar surface area (TPSA) is 55.3 Å². The molecular weight excluding hydrogens is 190 g/mol. The number of aromatic nitrogens is 1. The maximum Gasteiger partial charge on any atom is 0.208 e. The second-order valence-electron chi connectivity index (χ2n) is 4.84. The average Bonchev–Trinajstić information content (AvgIpc) is 2.76. The maximum atomic E-state index is 5.76. The Hall–Kier alpha value is -0.870. The number of hydrogen-bond donors (Lipinski definition) is 1. The van der Waals surface area contributed by atoms with Gasteiger partial charge in [-0.1, -0.05) is 6.92 Å². The molecule has 4 nitrogen and oxygen atoms in total. The lowest BCUT2D eigenvalue weighted by Crippen LogP contribution is -2.31. The van der Waals surface area contributed by atoms with Crippen LogP contribution in [0, 0.1) is 12.3 Å². The zero-order chi connectivity index (χ0) is 10.9. The van der Waals surface area contributed by atoms with Gasteiger partial charge in [0.25, 0.3) is 0 Å². The molecule has 1 aromatic heterocycles. The van der Waals surface area contributed by atoms with Crippen molar-refractivity contribution in [3.63, 3.8) is 0 Å². The minimum absolute atomic E-state index is 0.279. The number of likely N-dealkylation sites (tertiary alicyclic amines) is 1. The van der Waals surface area contributed by atoms with Crippen molar-refractivity contribution in [2.45, 2.75) is 26.8 Å². The monoisotopic (exact) mass is 209 g/mol. The van der Waals surface area contributed by atoms with Crippen molar-refractivity contribution in [3.05, 3.63) is 17.8 Å². The molecule has 1 aromatic rings. The van der Waals surface area contributed by atoms with Gasteiger partial charge in [0, 0.05) is 6.54 Å². The number of oxazole rings is 1. The molecule has 0 amide bonds. The molecule has 1 unspecified atom stereocenters. The van der Waals surface area contributed by atoms with E-state index in [1.807, 2.05) is 6.92 Å². The van der Waals surface area contributed by atoms with Gasteiger partial charge in [-0.15, -0.1) is 0 Å². The molecule has 1 fully saturated rings. The number of hydrogen-bond acceptors (Lipinski definition) is 4. The van der Waals surface area contributed by atoms with E-state index >= 15 is 0 Å². The predicted octanol–water partition coefficient (Wildman–Crippen LogP) is 1.15. The van der Waals surface area contributed by atoms with Crippen LogP contribution in [-0.4, -0.2) is 29.5 Å².